The Morgan fingerprint density at radius 2 is 1.68 bits per heavy atom. The second-order valence-corrected chi connectivity index (χ2v) is 8.43. The molecule has 0 amide bonds. The molecular weight excluding hydrogens is 372 g/mol. The van der Waals surface area contributed by atoms with Gasteiger partial charge in [-0.25, -0.2) is 8.42 Å². The fourth-order valence-electron chi connectivity index (χ4n) is 3.14. The number of rotatable bonds is 7. The second kappa shape index (κ2) is 8.54. The van der Waals surface area contributed by atoms with Gasteiger partial charge in [0.1, 0.15) is 0 Å². The van der Waals surface area contributed by atoms with Crippen LogP contribution in [0.5, 0.6) is 0 Å². The van der Waals surface area contributed by atoms with E-state index >= 15 is 0 Å². The van der Waals surface area contributed by atoms with E-state index in [0.29, 0.717) is 6.54 Å². The van der Waals surface area contributed by atoms with E-state index in [1.165, 1.54) is 0 Å². The molecule has 5 nitrogen and oxygen atoms in total. The van der Waals surface area contributed by atoms with Gasteiger partial charge in [0, 0.05) is 55.6 Å². The van der Waals surface area contributed by atoms with E-state index in [1.807, 2.05) is 62.6 Å². The summed E-state index contributed by atoms with van der Waals surface area (Å²) in [5, 5.41) is 1.07. The zero-order valence-corrected chi connectivity index (χ0v) is 16.9. The quantitative estimate of drug-likeness (QED) is 0.454. The summed E-state index contributed by atoms with van der Waals surface area (Å²) in [6.07, 6.45) is 4.33. The molecular formula is C22H24N2O3S. The summed E-state index contributed by atoms with van der Waals surface area (Å²) in [7, 11) is -0.202. The first-order chi connectivity index (χ1) is 13.3. The molecule has 2 aromatic carbocycles. The van der Waals surface area contributed by atoms with Crippen molar-refractivity contribution in [3.05, 3.63) is 71.9 Å². The maximum atomic E-state index is 11.0. The summed E-state index contributed by atoms with van der Waals surface area (Å²) in [4.78, 5) is 2.05. The Morgan fingerprint density at radius 3 is 2.36 bits per heavy atom. The summed E-state index contributed by atoms with van der Waals surface area (Å²) < 4.78 is 35.0. The smallest absolute Gasteiger partial charge is 0.212 e. The predicted molar refractivity (Wildman–Crippen MR) is 113 cm³/mol. The number of hydrogen-bond donors (Lipinski definition) is 0. The topological polar surface area (TPSA) is 64.3 Å². The molecule has 28 heavy (non-hydrogen) atoms. The van der Waals surface area contributed by atoms with Crippen molar-refractivity contribution in [1.29, 1.82) is 0 Å². The minimum Gasteiger partial charge on any atom is -0.748 e. The lowest BCUT2D eigenvalue weighted by atomic mass is 10.1. The van der Waals surface area contributed by atoms with Crippen LogP contribution < -0.4 is 9.47 Å². The molecule has 0 radical (unpaired) electrons. The maximum Gasteiger partial charge on any atom is 0.212 e. The van der Waals surface area contributed by atoms with E-state index in [1.54, 1.807) is 0 Å². The monoisotopic (exact) mass is 396 g/mol. The number of nitrogens with zero attached hydrogens (tertiary/aromatic N) is 2. The molecule has 0 saturated carbocycles. The number of para-hydroxylation sites is 1. The van der Waals surface area contributed by atoms with E-state index in [0.717, 1.165) is 27.8 Å². The second-order valence-electron chi connectivity index (χ2n) is 6.90. The Kier molecular flexibility index (Phi) is 6.11. The van der Waals surface area contributed by atoms with Gasteiger partial charge in [0.2, 0.25) is 11.2 Å². The SMILES string of the molecule is CN(C)c1ccc(/C=C/c2ccc3ccccc3[n+]2CCCS(=O)(=O)[O-])cc1. The summed E-state index contributed by atoms with van der Waals surface area (Å²) in [5.74, 6) is -0.363. The Hall–Kier alpha value is -2.70. The van der Waals surface area contributed by atoms with E-state index < -0.39 is 10.1 Å². The van der Waals surface area contributed by atoms with Crippen LogP contribution >= 0.6 is 0 Å². The number of benzene rings is 2. The van der Waals surface area contributed by atoms with Gasteiger partial charge in [0.05, 0.1) is 10.1 Å². The van der Waals surface area contributed by atoms with Gasteiger partial charge in [-0.15, -0.1) is 0 Å². The van der Waals surface area contributed by atoms with Crippen LogP contribution in [0.4, 0.5) is 5.69 Å². The molecule has 0 aliphatic heterocycles. The van der Waals surface area contributed by atoms with Gasteiger partial charge >= 0.3 is 0 Å². The number of aryl methyl sites for hydroxylation is 1. The van der Waals surface area contributed by atoms with Gasteiger partial charge in [-0.2, -0.15) is 4.57 Å². The van der Waals surface area contributed by atoms with Crippen LogP contribution in [0.3, 0.4) is 0 Å². The summed E-state index contributed by atoms with van der Waals surface area (Å²) in [6, 6.07) is 20.2. The first kappa shape index (κ1) is 20.0. The highest BCUT2D eigenvalue weighted by atomic mass is 32.2. The average molecular weight is 397 g/mol. The van der Waals surface area contributed by atoms with Crippen LogP contribution in [0.25, 0.3) is 23.1 Å². The zero-order chi connectivity index (χ0) is 20.1. The van der Waals surface area contributed by atoms with Gasteiger partial charge in [-0.1, -0.05) is 24.3 Å². The lowest BCUT2D eigenvalue weighted by Gasteiger charge is -2.11. The molecule has 1 aromatic heterocycles. The zero-order valence-electron chi connectivity index (χ0n) is 16.1. The molecule has 0 spiro atoms. The third-order valence-corrected chi connectivity index (χ3v) is 5.39. The minimum atomic E-state index is -4.21. The standard InChI is InChI=1S/C22H24N2O3S/c1-23(2)20-12-8-18(9-13-20)10-14-21-15-11-19-6-3-4-7-22(19)24(21)16-5-17-28(25,26)27/h3-4,6-15H,5,16-17H2,1-2H3. The van der Waals surface area contributed by atoms with Crippen LogP contribution in [0, 0.1) is 0 Å². The van der Waals surface area contributed by atoms with Crippen molar-refractivity contribution >= 4 is 38.9 Å². The lowest BCUT2D eigenvalue weighted by Crippen LogP contribution is -2.38. The van der Waals surface area contributed by atoms with Crippen molar-refractivity contribution in [2.24, 2.45) is 0 Å². The highest BCUT2D eigenvalue weighted by Gasteiger charge is 2.14. The van der Waals surface area contributed by atoms with Crippen molar-refractivity contribution in [3.63, 3.8) is 0 Å². The van der Waals surface area contributed by atoms with Crippen LogP contribution in [0.2, 0.25) is 0 Å². The van der Waals surface area contributed by atoms with Crippen molar-refractivity contribution in [2.45, 2.75) is 13.0 Å². The van der Waals surface area contributed by atoms with E-state index in [-0.39, 0.29) is 12.2 Å². The third-order valence-electron chi connectivity index (χ3n) is 4.60. The molecule has 1 heterocycles. The molecule has 0 aliphatic carbocycles. The summed E-state index contributed by atoms with van der Waals surface area (Å²) in [5.41, 5.74) is 4.18. The Balaban J connectivity index is 1.91. The minimum absolute atomic E-state index is 0.281. The van der Waals surface area contributed by atoms with Crippen LogP contribution in [-0.2, 0) is 16.7 Å². The lowest BCUT2D eigenvalue weighted by molar-refractivity contribution is -0.673. The highest BCUT2D eigenvalue weighted by Crippen LogP contribution is 2.16. The highest BCUT2D eigenvalue weighted by molar-refractivity contribution is 7.85. The molecule has 6 heteroatoms. The normalized spacial score (nSPS) is 12.0. The fourth-order valence-corrected chi connectivity index (χ4v) is 3.62. The van der Waals surface area contributed by atoms with Crippen molar-refractivity contribution in [1.82, 2.24) is 0 Å². The van der Waals surface area contributed by atoms with Crippen LogP contribution in [0.1, 0.15) is 17.7 Å². The van der Waals surface area contributed by atoms with Crippen LogP contribution in [0.15, 0.2) is 60.7 Å². The van der Waals surface area contributed by atoms with Crippen molar-refractivity contribution in [2.75, 3.05) is 24.7 Å². The fraction of sp³-hybridized carbons (Fsp3) is 0.227. The van der Waals surface area contributed by atoms with Gasteiger partial charge in [-0.05, 0) is 35.9 Å². The molecule has 0 atom stereocenters. The summed E-state index contributed by atoms with van der Waals surface area (Å²) in [6.45, 7) is 0.460. The van der Waals surface area contributed by atoms with Crippen LogP contribution in [-0.4, -0.2) is 32.8 Å². The predicted octanol–water partition coefficient (Wildman–Crippen LogP) is 3.30. The molecule has 146 valence electrons. The number of hydrogen-bond acceptors (Lipinski definition) is 4. The number of aromatic nitrogens is 1. The van der Waals surface area contributed by atoms with E-state index in [9.17, 15) is 13.0 Å². The molecule has 3 rings (SSSR count). The number of fused-ring (bicyclic) bond motifs is 1. The van der Waals surface area contributed by atoms with Crippen molar-refractivity contribution < 1.29 is 17.5 Å². The Bertz CT molecular complexity index is 1090. The Labute approximate surface area is 166 Å². The van der Waals surface area contributed by atoms with Gasteiger partial charge in [-0.3, -0.25) is 0 Å². The van der Waals surface area contributed by atoms with Gasteiger partial charge < -0.3 is 9.45 Å². The first-order valence-corrected chi connectivity index (χ1v) is 10.7. The Morgan fingerprint density at radius 1 is 0.964 bits per heavy atom. The largest absolute Gasteiger partial charge is 0.748 e. The van der Waals surface area contributed by atoms with Gasteiger partial charge in [0.15, 0.2) is 6.54 Å². The molecule has 0 unspecified atom stereocenters. The number of anilines is 1. The first-order valence-electron chi connectivity index (χ1n) is 9.14. The average Bonchev–Trinajstić information content (AvgIpc) is 2.66. The molecule has 0 fully saturated rings. The van der Waals surface area contributed by atoms with E-state index in [4.69, 9.17) is 0 Å². The number of pyridine rings is 1. The maximum absolute atomic E-state index is 11.0. The molecule has 0 aliphatic rings. The molecule has 0 N–H and O–H groups in total. The molecule has 0 saturated heterocycles. The third kappa shape index (κ3) is 5.18. The molecule has 0 bridgehead atoms. The molecule has 3 aromatic rings. The van der Waals surface area contributed by atoms with E-state index in [2.05, 4.69) is 33.7 Å². The van der Waals surface area contributed by atoms with Crippen molar-refractivity contribution in [3.8, 4) is 0 Å². The van der Waals surface area contributed by atoms with Gasteiger partial charge in [0.25, 0.3) is 0 Å². The summed E-state index contributed by atoms with van der Waals surface area (Å²) >= 11 is 0.